The Bertz CT molecular complexity index is 184. The van der Waals surface area contributed by atoms with Crippen LogP contribution in [0.1, 0.15) is 111 Å². The molecule has 0 aliphatic rings. The molecule has 0 aromatic heterocycles. The molecule has 1 nitrogen and oxygen atoms in total. The van der Waals surface area contributed by atoms with E-state index in [1.165, 1.54) is 77.0 Å². The third-order valence-electron chi connectivity index (χ3n) is 4.05. The van der Waals surface area contributed by atoms with Crippen LogP contribution in [-0.2, 0) is 3.08 Å². The van der Waals surface area contributed by atoms with Crippen molar-refractivity contribution < 1.29 is 3.08 Å². The first-order valence-electron chi connectivity index (χ1n) is 10.4. The van der Waals surface area contributed by atoms with Gasteiger partial charge in [-0.1, -0.05) is 0 Å². The zero-order valence-electron chi connectivity index (χ0n) is 16.4. The zero-order chi connectivity index (χ0) is 17.4. The molecule has 0 atom stereocenters. The summed E-state index contributed by atoms with van der Waals surface area (Å²) >= 11 is -0.987. The fourth-order valence-corrected chi connectivity index (χ4v) is 7.42. The van der Waals surface area contributed by atoms with Gasteiger partial charge in [-0.25, -0.2) is 0 Å². The normalized spacial score (nSPS) is 10.2. The van der Waals surface area contributed by atoms with Crippen LogP contribution in [0.25, 0.3) is 0 Å². The summed E-state index contributed by atoms with van der Waals surface area (Å²) in [4.78, 5) is 0. The molecule has 3 radical (unpaired) electrons. The molecular formula is C20H43OSn2. The van der Waals surface area contributed by atoms with Crippen molar-refractivity contribution in [2.24, 2.45) is 0 Å². The van der Waals surface area contributed by atoms with Crippen LogP contribution < -0.4 is 0 Å². The third kappa shape index (κ3) is 31.7. The summed E-state index contributed by atoms with van der Waals surface area (Å²) in [6.07, 6.45) is 20.2. The van der Waals surface area contributed by atoms with E-state index >= 15 is 0 Å². The summed E-state index contributed by atoms with van der Waals surface area (Å²) in [6.45, 7) is 6.72. The fourth-order valence-electron chi connectivity index (χ4n) is 2.43. The van der Waals surface area contributed by atoms with Gasteiger partial charge in [0.2, 0.25) is 0 Å². The maximum atomic E-state index is 9.86. The van der Waals surface area contributed by atoms with Gasteiger partial charge < -0.3 is 0 Å². The molecule has 0 saturated heterocycles. The second kappa shape index (κ2) is 28.2. The van der Waals surface area contributed by atoms with Crippen molar-refractivity contribution >= 4 is 42.3 Å². The standard InChI is InChI=1S/2C8H17.C4H9.O.2Sn/c2*1-3-5-7-8-6-4-2;1-3-4-2;;;/h2*1,3-8H2,2H3;1,3-4H2,2H3;;;. The van der Waals surface area contributed by atoms with Gasteiger partial charge in [-0.3, -0.25) is 0 Å². The summed E-state index contributed by atoms with van der Waals surface area (Å²) in [5.41, 5.74) is 0. The predicted molar refractivity (Wildman–Crippen MR) is 108 cm³/mol. The van der Waals surface area contributed by atoms with Gasteiger partial charge in [0.1, 0.15) is 0 Å². The number of rotatable bonds is 17. The van der Waals surface area contributed by atoms with Crippen molar-refractivity contribution in [2.45, 2.75) is 124 Å². The molecule has 0 fully saturated rings. The van der Waals surface area contributed by atoms with Crippen LogP contribution in [0, 0.1) is 0 Å². The molecule has 0 aliphatic heterocycles. The molecule has 137 valence electrons. The van der Waals surface area contributed by atoms with Gasteiger partial charge in [-0.05, 0) is 0 Å². The van der Waals surface area contributed by atoms with E-state index in [1.54, 1.807) is 21.7 Å². The Morgan fingerprint density at radius 3 is 1.22 bits per heavy atom. The number of hydrogen-bond acceptors (Lipinski definition) is 1. The molecule has 0 aromatic rings. The Balaban J connectivity index is 0. The average molecular weight is 537 g/mol. The van der Waals surface area contributed by atoms with Gasteiger partial charge in [0.15, 0.2) is 0 Å². The van der Waals surface area contributed by atoms with E-state index in [2.05, 4.69) is 20.8 Å². The molecule has 0 aliphatic carbocycles. The SMILES string of the molecule is CCCCCCC[CH2][Sn][CH2]CCCCCCC.CCC[CH2][Sn]=[O]. The summed E-state index contributed by atoms with van der Waals surface area (Å²) in [5, 5.41) is 0. The first-order chi connectivity index (χ1) is 11.3. The molecule has 0 aromatic carbocycles. The molecule has 0 unspecified atom stereocenters. The van der Waals surface area contributed by atoms with E-state index < -0.39 is 21.1 Å². The van der Waals surface area contributed by atoms with E-state index in [0.717, 1.165) is 4.44 Å². The third-order valence-corrected chi connectivity index (χ3v) is 9.67. The summed E-state index contributed by atoms with van der Waals surface area (Å²) in [7, 11) is 0. The van der Waals surface area contributed by atoms with Crippen LogP contribution in [0.3, 0.4) is 0 Å². The van der Waals surface area contributed by atoms with Crippen LogP contribution in [0.15, 0.2) is 0 Å². The van der Waals surface area contributed by atoms with Gasteiger partial charge in [0.05, 0.1) is 0 Å². The Kier molecular flexibility index (Phi) is 32.7. The Morgan fingerprint density at radius 1 is 0.478 bits per heavy atom. The molecule has 0 saturated carbocycles. The summed E-state index contributed by atoms with van der Waals surface area (Å²) < 4.78 is 14.2. The quantitative estimate of drug-likeness (QED) is 0.139. The number of hydrogen-bond donors (Lipinski definition) is 0. The first kappa shape index (κ1) is 26.6. The summed E-state index contributed by atoms with van der Waals surface area (Å²) in [6, 6.07) is 0. The predicted octanol–water partition coefficient (Wildman–Crippen LogP) is 7.50. The minimum atomic E-state index is -1.06. The fraction of sp³-hybridized carbons (Fsp3) is 1.00. The average Bonchev–Trinajstić information content (AvgIpc) is 2.58. The molecule has 0 heterocycles. The van der Waals surface area contributed by atoms with Crippen LogP contribution in [0.4, 0.5) is 0 Å². The van der Waals surface area contributed by atoms with Crippen molar-refractivity contribution in [1.82, 2.24) is 0 Å². The first-order valence-corrected chi connectivity index (χ1v) is 17.6. The van der Waals surface area contributed by atoms with E-state index in [-0.39, 0.29) is 21.1 Å². The van der Waals surface area contributed by atoms with Gasteiger partial charge in [0, 0.05) is 0 Å². The van der Waals surface area contributed by atoms with Crippen molar-refractivity contribution in [1.29, 1.82) is 0 Å². The molecule has 23 heavy (non-hydrogen) atoms. The van der Waals surface area contributed by atoms with Gasteiger partial charge in [-0.15, -0.1) is 0 Å². The molecule has 0 N–H and O–H groups in total. The van der Waals surface area contributed by atoms with Crippen LogP contribution in [0.5, 0.6) is 0 Å². The van der Waals surface area contributed by atoms with Crippen molar-refractivity contribution in [3.63, 3.8) is 0 Å². The van der Waals surface area contributed by atoms with Gasteiger partial charge in [-0.2, -0.15) is 0 Å². The van der Waals surface area contributed by atoms with E-state index in [1.807, 2.05) is 0 Å². The van der Waals surface area contributed by atoms with Crippen molar-refractivity contribution in [2.75, 3.05) is 0 Å². The van der Waals surface area contributed by atoms with E-state index in [0.29, 0.717) is 0 Å². The van der Waals surface area contributed by atoms with E-state index in [9.17, 15) is 3.08 Å². The van der Waals surface area contributed by atoms with E-state index in [4.69, 9.17) is 0 Å². The number of unbranched alkanes of at least 4 members (excludes halogenated alkanes) is 11. The van der Waals surface area contributed by atoms with Gasteiger partial charge >= 0.3 is 169 Å². The maximum absolute atomic E-state index is 9.86. The molecule has 0 amide bonds. The van der Waals surface area contributed by atoms with Crippen LogP contribution in [-0.4, -0.2) is 42.3 Å². The molecule has 3 heteroatoms. The second-order valence-electron chi connectivity index (χ2n) is 6.53. The molecule has 0 spiro atoms. The Morgan fingerprint density at radius 2 is 0.870 bits per heavy atom. The zero-order valence-corrected chi connectivity index (χ0v) is 22.1. The molecular weight excluding hydrogens is 494 g/mol. The summed E-state index contributed by atoms with van der Waals surface area (Å²) in [5.74, 6) is 0. The topological polar surface area (TPSA) is 17.1 Å². The Labute approximate surface area is 168 Å². The van der Waals surface area contributed by atoms with Crippen molar-refractivity contribution in [3.05, 3.63) is 0 Å². The van der Waals surface area contributed by atoms with Crippen LogP contribution >= 0.6 is 0 Å². The monoisotopic (exact) mass is 539 g/mol. The van der Waals surface area contributed by atoms with Crippen LogP contribution in [0.2, 0.25) is 13.3 Å². The minimum absolute atomic E-state index is 0.0736. The van der Waals surface area contributed by atoms with Gasteiger partial charge in [0.25, 0.3) is 0 Å². The molecule has 0 bridgehead atoms. The second-order valence-corrected chi connectivity index (χ2v) is 13.1. The van der Waals surface area contributed by atoms with Crippen molar-refractivity contribution in [3.8, 4) is 0 Å². The molecule has 0 rings (SSSR count). The Hall–Kier alpha value is 1.40.